The molecular weight excluding hydrogens is 436 g/mol. The van der Waals surface area contributed by atoms with Crippen molar-refractivity contribution in [1.29, 1.82) is 0 Å². The highest BCUT2D eigenvalue weighted by atomic mass is 16.2. The zero-order chi connectivity index (χ0) is 24.2. The fourth-order valence-corrected chi connectivity index (χ4v) is 4.61. The maximum Gasteiger partial charge on any atom is 0.280 e. The van der Waals surface area contributed by atoms with Crippen molar-refractivity contribution < 1.29 is 14.4 Å². The molecule has 1 saturated heterocycles. The normalized spacial score (nSPS) is 18.6. The molecule has 1 heterocycles. The molecule has 1 aliphatic heterocycles. The molecule has 5 heteroatoms. The van der Waals surface area contributed by atoms with Crippen LogP contribution in [-0.2, 0) is 16.0 Å². The topological polar surface area (TPSA) is 57.7 Å². The summed E-state index contributed by atoms with van der Waals surface area (Å²) in [4.78, 5) is 41.5. The van der Waals surface area contributed by atoms with Crippen molar-refractivity contribution in [2.75, 3.05) is 0 Å². The summed E-state index contributed by atoms with van der Waals surface area (Å²) in [7, 11) is 0. The smallest absolute Gasteiger partial charge is 0.272 e. The molecule has 1 aliphatic carbocycles. The first-order valence-corrected chi connectivity index (χ1v) is 11.6. The van der Waals surface area contributed by atoms with Gasteiger partial charge in [-0.1, -0.05) is 103 Å². The van der Waals surface area contributed by atoms with Crippen molar-refractivity contribution in [2.45, 2.75) is 12.3 Å². The second kappa shape index (κ2) is 9.77. The number of hydrogen-bond acceptors (Lipinski definition) is 3. The Kier molecular flexibility index (Phi) is 6.22. The van der Waals surface area contributed by atoms with Gasteiger partial charge in [0.05, 0.1) is 18.0 Å². The lowest BCUT2D eigenvalue weighted by Crippen LogP contribution is -2.51. The summed E-state index contributed by atoms with van der Waals surface area (Å²) < 4.78 is 0. The van der Waals surface area contributed by atoms with Gasteiger partial charge in [-0.25, -0.2) is 5.01 Å². The molecule has 1 fully saturated rings. The molecule has 5 rings (SSSR count). The summed E-state index contributed by atoms with van der Waals surface area (Å²) in [6.45, 7) is 0. The van der Waals surface area contributed by atoms with Gasteiger partial charge in [0, 0.05) is 11.5 Å². The van der Waals surface area contributed by atoms with Crippen LogP contribution < -0.4 is 0 Å². The van der Waals surface area contributed by atoms with E-state index < -0.39 is 17.7 Å². The van der Waals surface area contributed by atoms with Crippen LogP contribution in [-0.4, -0.2) is 27.7 Å². The molecule has 3 amide bonds. The minimum Gasteiger partial charge on any atom is -0.272 e. The molecular formula is C30H24N2O3. The zero-order valence-corrected chi connectivity index (χ0v) is 19.0. The average Bonchev–Trinajstić information content (AvgIpc) is 3.02. The first-order chi connectivity index (χ1) is 17.1. The molecule has 0 radical (unpaired) electrons. The summed E-state index contributed by atoms with van der Waals surface area (Å²) in [5.74, 6) is -2.17. The van der Waals surface area contributed by atoms with Gasteiger partial charge in [-0.3, -0.25) is 14.4 Å². The van der Waals surface area contributed by atoms with Crippen molar-refractivity contribution in [1.82, 2.24) is 10.0 Å². The van der Waals surface area contributed by atoms with Crippen molar-refractivity contribution in [2.24, 2.45) is 5.92 Å². The van der Waals surface area contributed by atoms with Crippen LogP contribution in [0.5, 0.6) is 0 Å². The number of benzene rings is 3. The van der Waals surface area contributed by atoms with Crippen molar-refractivity contribution in [3.8, 4) is 0 Å². The van der Waals surface area contributed by atoms with Crippen molar-refractivity contribution >= 4 is 17.7 Å². The van der Waals surface area contributed by atoms with E-state index in [0.29, 0.717) is 11.3 Å². The maximum absolute atomic E-state index is 14.0. The van der Waals surface area contributed by atoms with E-state index in [4.69, 9.17) is 0 Å². The van der Waals surface area contributed by atoms with Gasteiger partial charge in [0.15, 0.2) is 0 Å². The fourth-order valence-electron chi connectivity index (χ4n) is 4.61. The molecule has 35 heavy (non-hydrogen) atoms. The quantitative estimate of drug-likeness (QED) is 0.535. The maximum atomic E-state index is 14.0. The van der Waals surface area contributed by atoms with Crippen LogP contribution in [0.3, 0.4) is 0 Å². The number of carbonyl (C=O) groups excluding carboxylic acids is 3. The van der Waals surface area contributed by atoms with E-state index in [-0.39, 0.29) is 18.2 Å². The van der Waals surface area contributed by atoms with E-state index in [2.05, 4.69) is 0 Å². The lowest BCUT2D eigenvalue weighted by Gasteiger charge is -2.31. The lowest BCUT2D eigenvalue weighted by atomic mass is 9.87. The second-order valence-electron chi connectivity index (χ2n) is 8.46. The van der Waals surface area contributed by atoms with Gasteiger partial charge in [0.1, 0.15) is 0 Å². The number of nitrogens with zero attached hydrogens (tertiary/aromatic N) is 2. The van der Waals surface area contributed by atoms with Crippen LogP contribution >= 0.6 is 0 Å². The molecule has 172 valence electrons. The highest BCUT2D eigenvalue weighted by molar-refractivity contribution is 6.07. The van der Waals surface area contributed by atoms with Gasteiger partial charge in [-0.05, 0) is 29.3 Å². The number of amides is 3. The molecule has 0 saturated carbocycles. The van der Waals surface area contributed by atoms with Gasteiger partial charge >= 0.3 is 0 Å². The van der Waals surface area contributed by atoms with Gasteiger partial charge in [-0.2, -0.15) is 5.01 Å². The molecule has 3 aromatic rings. The minimum absolute atomic E-state index is 0.0111. The van der Waals surface area contributed by atoms with Crippen molar-refractivity contribution in [3.63, 3.8) is 0 Å². The van der Waals surface area contributed by atoms with Crippen LogP contribution in [0.25, 0.3) is 0 Å². The Morgan fingerprint density at radius 1 is 0.771 bits per heavy atom. The number of fused-ring (bicyclic) bond motifs is 1. The third-order valence-corrected chi connectivity index (χ3v) is 6.23. The van der Waals surface area contributed by atoms with Crippen LogP contribution in [0.15, 0.2) is 127 Å². The van der Waals surface area contributed by atoms with E-state index in [1.165, 1.54) is 5.01 Å². The molecule has 0 N–H and O–H groups in total. The zero-order valence-electron chi connectivity index (χ0n) is 19.0. The summed E-state index contributed by atoms with van der Waals surface area (Å²) in [6.07, 6.45) is 9.36. The third kappa shape index (κ3) is 4.36. The van der Waals surface area contributed by atoms with Crippen molar-refractivity contribution in [3.05, 3.63) is 144 Å². The van der Waals surface area contributed by atoms with Gasteiger partial charge in [0.25, 0.3) is 17.7 Å². The highest BCUT2D eigenvalue weighted by Crippen LogP contribution is 2.43. The molecule has 0 aromatic heterocycles. The predicted molar refractivity (Wildman–Crippen MR) is 134 cm³/mol. The number of hydrogen-bond donors (Lipinski definition) is 0. The van der Waals surface area contributed by atoms with Gasteiger partial charge in [0.2, 0.25) is 0 Å². The fraction of sp³-hybridized carbons (Fsp3) is 0.100. The standard InChI is InChI=1S/C30H24N2O3/c33-27(21-22-13-5-1-6-14-22)32(29(34)24-17-9-3-10-18-24)31-26-20-12-4-11-19-25(26)28(30(31)35)23-15-7-2-8-16-23/h1-20,25,28H,21H2/t25-,28+/m1/s1. The molecule has 5 nitrogen and oxygen atoms in total. The Morgan fingerprint density at radius 3 is 2.09 bits per heavy atom. The Morgan fingerprint density at radius 2 is 1.40 bits per heavy atom. The molecule has 2 aliphatic rings. The highest BCUT2D eigenvalue weighted by Gasteiger charge is 2.49. The molecule has 2 atom stereocenters. The van der Waals surface area contributed by atoms with E-state index in [1.54, 1.807) is 30.3 Å². The number of hydrazine groups is 1. The lowest BCUT2D eigenvalue weighted by molar-refractivity contribution is -0.151. The van der Waals surface area contributed by atoms with Crippen LogP contribution in [0.2, 0.25) is 0 Å². The SMILES string of the molecule is O=C(Cc1ccccc1)N(C(=O)c1ccccc1)N1C(=O)[C@@H](c2ccccc2)[C@@H]2C=CC=CC=C21. The first-order valence-electron chi connectivity index (χ1n) is 11.6. The molecule has 0 unspecified atom stereocenters. The summed E-state index contributed by atoms with van der Waals surface area (Å²) in [6, 6.07) is 27.3. The molecule has 0 bridgehead atoms. The van der Waals surface area contributed by atoms with E-state index >= 15 is 0 Å². The Hall–Kier alpha value is -4.51. The average molecular weight is 461 g/mol. The van der Waals surface area contributed by atoms with E-state index in [9.17, 15) is 14.4 Å². The van der Waals surface area contributed by atoms with E-state index in [1.807, 2.05) is 91.0 Å². The number of rotatable bonds is 5. The largest absolute Gasteiger partial charge is 0.280 e. The second-order valence-corrected chi connectivity index (χ2v) is 8.46. The predicted octanol–water partition coefficient (Wildman–Crippen LogP) is 5.07. The minimum atomic E-state index is -0.547. The molecule has 3 aromatic carbocycles. The summed E-state index contributed by atoms with van der Waals surface area (Å²) in [5.41, 5.74) is 2.53. The Bertz CT molecular complexity index is 1330. The van der Waals surface area contributed by atoms with Crippen LogP contribution in [0, 0.1) is 5.92 Å². The number of imide groups is 1. The third-order valence-electron chi connectivity index (χ3n) is 6.23. The first kappa shape index (κ1) is 22.3. The van der Waals surface area contributed by atoms with Crippen LogP contribution in [0.4, 0.5) is 0 Å². The number of carbonyl (C=O) groups is 3. The van der Waals surface area contributed by atoms with Gasteiger partial charge in [-0.15, -0.1) is 0 Å². The van der Waals surface area contributed by atoms with Crippen LogP contribution in [0.1, 0.15) is 27.4 Å². The van der Waals surface area contributed by atoms with Gasteiger partial charge < -0.3 is 0 Å². The summed E-state index contributed by atoms with van der Waals surface area (Å²) in [5, 5.41) is 2.32. The molecule has 0 spiro atoms. The summed E-state index contributed by atoms with van der Waals surface area (Å²) >= 11 is 0. The number of allylic oxidation sites excluding steroid dienone is 5. The monoisotopic (exact) mass is 460 g/mol. The Balaban J connectivity index is 1.61. The Labute approximate surface area is 204 Å². The van der Waals surface area contributed by atoms with E-state index in [0.717, 1.165) is 16.1 Å².